The van der Waals surface area contributed by atoms with Gasteiger partial charge in [-0.3, -0.25) is 9.79 Å². The van der Waals surface area contributed by atoms with Crippen LogP contribution in [0.1, 0.15) is 52.0 Å². The van der Waals surface area contributed by atoms with E-state index in [9.17, 15) is 9.18 Å². The lowest BCUT2D eigenvalue weighted by Gasteiger charge is -2.25. The first kappa shape index (κ1) is 24.9. The van der Waals surface area contributed by atoms with Crippen LogP contribution >= 0.6 is 35.6 Å². The van der Waals surface area contributed by atoms with E-state index in [1.807, 2.05) is 20.8 Å². The molecule has 0 aliphatic heterocycles. The van der Waals surface area contributed by atoms with E-state index in [2.05, 4.69) is 20.9 Å². The third kappa shape index (κ3) is 8.51. The Morgan fingerprint density at radius 2 is 2.04 bits per heavy atom. The van der Waals surface area contributed by atoms with Crippen LogP contribution in [0, 0.1) is 5.82 Å². The van der Waals surface area contributed by atoms with Gasteiger partial charge in [0, 0.05) is 36.0 Å². The zero-order valence-corrected chi connectivity index (χ0v) is 19.9. The van der Waals surface area contributed by atoms with Gasteiger partial charge in [-0.2, -0.15) is 0 Å². The summed E-state index contributed by atoms with van der Waals surface area (Å²) in [6.45, 7) is 7.97. The second-order valence-electron chi connectivity index (χ2n) is 7.58. The highest BCUT2D eigenvalue weighted by Crippen LogP contribution is 2.30. The fourth-order valence-electron chi connectivity index (χ4n) is 2.73. The number of hydrogen-bond acceptors (Lipinski definition) is 2. The van der Waals surface area contributed by atoms with E-state index in [1.165, 1.54) is 12.1 Å². The van der Waals surface area contributed by atoms with E-state index in [1.54, 1.807) is 6.07 Å². The van der Waals surface area contributed by atoms with Crippen molar-refractivity contribution in [1.82, 2.24) is 16.0 Å². The van der Waals surface area contributed by atoms with Crippen molar-refractivity contribution in [2.75, 3.05) is 19.6 Å². The molecule has 0 spiro atoms. The minimum Gasteiger partial charge on any atom is -0.357 e. The second kappa shape index (κ2) is 11.8. The molecule has 0 atom stereocenters. The predicted octanol–water partition coefficient (Wildman–Crippen LogP) is 3.99. The summed E-state index contributed by atoms with van der Waals surface area (Å²) in [7, 11) is 0. The molecular weight excluding hydrogens is 494 g/mol. The number of nitrogens with zero attached hydrogens (tertiary/aromatic N) is 1. The Balaban J connectivity index is 0.00000392. The van der Waals surface area contributed by atoms with E-state index in [0.29, 0.717) is 36.5 Å². The average molecular weight is 525 g/mol. The molecule has 1 aromatic rings. The standard InChI is InChI=1S/C20H30ClFN4O.HI/c1-4-23-19(24-11-5-6-18(27)26-15-8-9-15)25-13-20(2,3)16-10-7-14(22)12-17(16)21;/h7,10,12,15H,4-6,8-9,11,13H2,1-3H3,(H,26,27)(H2,23,24,25);1H. The van der Waals surface area contributed by atoms with Crippen molar-refractivity contribution in [3.8, 4) is 0 Å². The molecule has 1 aliphatic carbocycles. The van der Waals surface area contributed by atoms with Gasteiger partial charge in [-0.25, -0.2) is 4.39 Å². The third-order valence-corrected chi connectivity index (χ3v) is 4.77. The Morgan fingerprint density at radius 3 is 2.64 bits per heavy atom. The maximum absolute atomic E-state index is 13.3. The molecule has 0 aromatic heterocycles. The number of nitrogens with one attached hydrogen (secondary N) is 3. The highest BCUT2D eigenvalue weighted by atomic mass is 127. The monoisotopic (exact) mass is 524 g/mol. The number of benzene rings is 1. The van der Waals surface area contributed by atoms with Crippen LogP contribution in [0.3, 0.4) is 0 Å². The molecule has 0 saturated heterocycles. The lowest BCUT2D eigenvalue weighted by atomic mass is 9.84. The Hall–Kier alpha value is -1.09. The molecule has 1 fully saturated rings. The molecule has 0 unspecified atom stereocenters. The molecule has 0 radical (unpaired) electrons. The number of carbonyl (C=O) groups is 1. The van der Waals surface area contributed by atoms with Gasteiger partial charge >= 0.3 is 0 Å². The zero-order valence-electron chi connectivity index (χ0n) is 16.8. The minimum absolute atomic E-state index is 0. The summed E-state index contributed by atoms with van der Waals surface area (Å²) < 4.78 is 13.3. The van der Waals surface area contributed by atoms with E-state index in [0.717, 1.165) is 31.4 Å². The zero-order chi connectivity index (χ0) is 19.9. The van der Waals surface area contributed by atoms with E-state index < -0.39 is 0 Å². The largest absolute Gasteiger partial charge is 0.357 e. The maximum atomic E-state index is 13.3. The molecular formula is C20H31ClFIN4O. The van der Waals surface area contributed by atoms with Crippen LogP contribution in [0.5, 0.6) is 0 Å². The van der Waals surface area contributed by atoms with Crippen LogP contribution in [0.25, 0.3) is 0 Å². The van der Waals surface area contributed by atoms with Gasteiger partial charge in [0.2, 0.25) is 5.91 Å². The summed E-state index contributed by atoms with van der Waals surface area (Å²) in [5, 5.41) is 9.86. The van der Waals surface area contributed by atoms with Gasteiger partial charge in [-0.15, -0.1) is 24.0 Å². The Kier molecular flexibility index (Phi) is 10.5. The molecule has 3 N–H and O–H groups in total. The molecule has 0 bridgehead atoms. The van der Waals surface area contributed by atoms with Gasteiger partial charge in [0.1, 0.15) is 5.82 Å². The molecule has 8 heteroatoms. The minimum atomic E-state index is -0.344. The van der Waals surface area contributed by atoms with Crippen molar-refractivity contribution in [1.29, 1.82) is 0 Å². The number of rotatable bonds is 9. The van der Waals surface area contributed by atoms with Crippen LogP contribution in [0.15, 0.2) is 23.2 Å². The highest BCUT2D eigenvalue weighted by molar-refractivity contribution is 14.0. The number of guanidine groups is 1. The van der Waals surface area contributed by atoms with Crippen LogP contribution in [-0.2, 0) is 10.2 Å². The van der Waals surface area contributed by atoms with Crippen LogP contribution in [-0.4, -0.2) is 37.5 Å². The van der Waals surface area contributed by atoms with Gasteiger partial charge < -0.3 is 16.0 Å². The lowest BCUT2D eigenvalue weighted by Crippen LogP contribution is -2.39. The van der Waals surface area contributed by atoms with Crippen molar-refractivity contribution >= 4 is 47.4 Å². The van der Waals surface area contributed by atoms with Gasteiger partial charge in [0.15, 0.2) is 5.96 Å². The first-order valence-corrected chi connectivity index (χ1v) is 9.96. The Labute approximate surface area is 189 Å². The Morgan fingerprint density at radius 1 is 1.32 bits per heavy atom. The predicted molar refractivity (Wildman–Crippen MR) is 124 cm³/mol. The molecule has 5 nitrogen and oxygen atoms in total. The fourth-order valence-corrected chi connectivity index (χ4v) is 3.15. The van der Waals surface area contributed by atoms with Gasteiger partial charge in [-0.05, 0) is 43.9 Å². The molecule has 2 rings (SSSR count). The van der Waals surface area contributed by atoms with Crippen molar-refractivity contribution in [3.05, 3.63) is 34.6 Å². The molecule has 1 amide bonds. The molecule has 28 heavy (non-hydrogen) atoms. The Bertz CT molecular complexity index is 680. The maximum Gasteiger partial charge on any atom is 0.220 e. The van der Waals surface area contributed by atoms with E-state index in [4.69, 9.17) is 11.6 Å². The van der Waals surface area contributed by atoms with Crippen LogP contribution < -0.4 is 16.0 Å². The van der Waals surface area contributed by atoms with E-state index in [-0.39, 0.29) is 41.1 Å². The second-order valence-corrected chi connectivity index (χ2v) is 7.98. The topological polar surface area (TPSA) is 65.5 Å². The summed E-state index contributed by atoms with van der Waals surface area (Å²) in [5.41, 5.74) is 0.527. The third-order valence-electron chi connectivity index (χ3n) is 4.45. The van der Waals surface area contributed by atoms with Crippen molar-refractivity contribution in [2.45, 2.75) is 57.9 Å². The quantitative estimate of drug-likeness (QED) is 0.198. The van der Waals surface area contributed by atoms with Gasteiger partial charge in [-0.1, -0.05) is 31.5 Å². The summed E-state index contributed by atoms with van der Waals surface area (Å²) in [6.07, 6.45) is 3.47. The number of aliphatic imine (C=N–C) groups is 1. The van der Waals surface area contributed by atoms with Gasteiger partial charge in [0.05, 0.1) is 6.54 Å². The summed E-state index contributed by atoms with van der Waals surface area (Å²) in [5.74, 6) is 0.475. The lowest BCUT2D eigenvalue weighted by molar-refractivity contribution is -0.121. The number of hydrogen-bond donors (Lipinski definition) is 3. The number of amides is 1. The highest BCUT2D eigenvalue weighted by Gasteiger charge is 2.24. The number of carbonyl (C=O) groups excluding carboxylic acids is 1. The molecule has 1 saturated carbocycles. The molecule has 158 valence electrons. The molecule has 1 aliphatic rings. The fraction of sp³-hybridized carbons (Fsp3) is 0.600. The molecule has 0 heterocycles. The van der Waals surface area contributed by atoms with E-state index >= 15 is 0 Å². The summed E-state index contributed by atoms with van der Waals surface area (Å²) >= 11 is 6.21. The molecule has 1 aromatic carbocycles. The summed E-state index contributed by atoms with van der Waals surface area (Å²) in [6, 6.07) is 4.87. The summed E-state index contributed by atoms with van der Waals surface area (Å²) in [4.78, 5) is 16.4. The van der Waals surface area contributed by atoms with Crippen molar-refractivity contribution in [3.63, 3.8) is 0 Å². The normalized spacial score (nSPS) is 14.2. The van der Waals surface area contributed by atoms with Crippen LogP contribution in [0.4, 0.5) is 4.39 Å². The first-order valence-electron chi connectivity index (χ1n) is 9.59. The van der Waals surface area contributed by atoms with Crippen molar-refractivity contribution in [2.24, 2.45) is 4.99 Å². The van der Waals surface area contributed by atoms with Crippen LogP contribution in [0.2, 0.25) is 5.02 Å². The average Bonchev–Trinajstić information content (AvgIpc) is 3.40. The first-order chi connectivity index (χ1) is 12.8. The smallest absolute Gasteiger partial charge is 0.220 e. The van der Waals surface area contributed by atoms with Gasteiger partial charge in [0.25, 0.3) is 0 Å². The van der Waals surface area contributed by atoms with Crippen molar-refractivity contribution < 1.29 is 9.18 Å². The SMILES string of the molecule is CCNC(=NCC(C)(C)c1ccc(F)cc1Cl)NCCCC(=O)NC1CC1.I. The number of halogens is 3.